The first-order chi connectivity index (χ1) is 12.0. The van der Waals surface area contributed by atoms with Crippen LogP contribution in [0.5, 0.6) is 17.2 Å². The van der Waals surface area contributed by atoms with Crippen LogP contribution in [0.2, 0.25) is 0 Å². The molecule has 130 valence electrons. The predicted octanol–water partition coefficient (Wildman–Crippen LogP) is 2.41. The van der Waals surface area contributed by atoms with Gasteiger partial charge in [-0.3, -0.25) is 20.4 Å². The van der Waals surface area contributed by atoms with Gasteiger partial charge in [-0.25, -0.2) is 0 Å². The highest BCUT2D eigenvalue weighted by Gasteiger charge is 2.18. The Morgan fingerprint density at radius 1 is 1.12 bits per heavy atom. The Balaban J connectivity index is 1.53. The molecule has 3 rings (SSSR count). The van der Waals surface area contributed by atoms with E-state index in [1.54, 1.807) is 43.3 Å². The third kappa shape index (κ3) is 4.21. The van der Waals surface area contributed by atoms with Crippen LogP contribution in [0.4, 0.5) is 0 Å². The normalized spacial score (nSPS) is 13.0. The van der Waals surface area contributed by atoms with E-state index in [0.717, 1.165) is 4.47 Å². The van der Waals surface area contributed by atoms with Crippen molar-refractivity contribution in [2.45, 2.75) is 13.0 Å². The Labute approximate surface area is 152 Å². The van der Waals surface area contributed by atoms with Crippen molar-refractivity contribution in [2.24, 2.45) is 0 Å². The molecule has 1 aliphatic rings. The zero-order valence-corrected chi connectivity index (χ0v) is 14.8. The summed E-state index contributed by atoms with van der Waals surface area (Å²) in [5.74, 6) is 0.663. The van der Waals surface area contributed by atoms with Crippen LogP contribution in [0.3, 0.4) is 0 Å². The lowest BCUT2D eigenvalue weighted by Crippen LogP contribution is -2.47. The molecule has 0 unspecified atom stereocenters. The number of amides is 2. The van der Waals surface area contributed by atoms with E-state index in [1.165, 1.54) is 0 Å². The standard InChI is InChI=1S/C17H15BrN2O5/c1-10(25-13-4-2-3-12(18)8-13)16(21)19-20-17(22)11-5-6-14-15(7-11)24-9-23-14/h2-8,10H,9H2,1H3,(H,19,21)(H,20,22)/t10-/m0/s1. The largest absolute Gasteiger partial charge is 0.481 e. The average molecular weight is 407 g/mol. The summed E-state index contributed by atoms with van der Waals surface area (Å²) in [4.78, 5) is 24.2. The number of carbonyl (C=O) groups is 2. The fourth-order valence-corrected chi connectivity index (χ4v) is 2.51. The van der Waals surface area contributed by atoms with Crippen molar-refractivity contribution in [2.75, 3.05) is 6.79 Å². The number of nitrogens with one attached hydrogen (secondary N) is 2. The van der Waals surface area contributed by atoms with Crippen molar-refractivity contribution in [3.8, 4) is 17.2 Å². The first kappa shape index (κ1) is 17.1. The maximum Gasteiger partial charge on any atom is 0.279 e. The Morgan fingerprint density at radius 3 is 2.72 bits per heavy atom. The second kappa shape index (κ2) is 7.43. The van der Waals surface area contributed by atoms with Crippen LogP contribution in [-0.2, 0) is 4.79 Å². The Morgan fingerprint density at radius 2 is 1.92 bits per heavy atom. The summed E-state index contributed by atoms with van der Waals surface area (Å²) in [5.41, 5.74) is 5.02. The van der Waals surface area contributed by atoms with Gasteiger partial charge in [-0.1, -0.05) is 22.0 Å². The van der Waals surface area contributed by atoms with Gasteiger partial charge in [0.1, 0.15) is 5.75 Å². The van der Waals surface area contributed by atoms with Crippen molar-refractivity contribution in [1.82, 2.24) is 10.9 Å². The third-order valence-electron chi connectivity index (χ3n) is 3.41. The summed E-state index contributed by atoms with van der Waals surface area (Å²) in [6.07, 6.45) is -0.786. The maximum atomic E-state index is 12.1. The highest BCUT2D eigenvalue weighted by molar-refractivity contribution is 9.10. The number of fused-ring (bicyclic) bond motifs is 1. The first-order valence-electron chi connectivity index (χ1n) is 7.45. The van der Waals surface area contributed by atoms with E-state index in [1.807, 2.05) is 6.07 Å². The third-order valence-corrected chi connectivity index (χ3v) is 3.91. The van der Waals surface area contributed by atoms with E-state index in [2.05, 4.69) is 26.8 Å². The number of hydrogen-bond acceptors (Lipinski definition) is 5. The number of rotatable bonds is 4. The van der Waals surface area contributed by atoms with Crippen LogP contribution in [0.1, 0.15) is 17.3 Å². The SMILES string of the molecule is C[C@H](Oc1cccc(Br)c1)C(=O)NNC(=O)c1ccc2c(c1)OCO2. The lowest BCUT2D eigenvalue weighted by Gasteiger charge is -2.15. The first-order valence-corrected chi connectivity index (χ1v) is 8.24. The number of carbonyl (C=O) groups excluding carboxylic acids is 2. The molecule has 2 amide bonds. The van der Waals surface area contributed by atoms with E-state index in [4.69, 9.17) is 14.2 Å². The molecule has 0 radical (unpaired) electrons. The molecule has 2 N–H and O–H groups in total. The van der Waals surface area contributed by atoms with Gasteiger partial charge >= 0.3 is 0 Å². The van der Waals surface area contributed by atoms with Gasteiger partial charge in [0.15, 0.2) is 17.6 Å². The lowest BCUT2D eigenvalue weighted by atomic mass is 10.2. The van der Waals surface area contributed by atoms with E-state index in [0.29, 0.717) is 22.8 Å². The summed E-state index contributed by atoms with van der Waals surface area (Å²) in [7, 11) is 0. The second-order valence-corrected chi connectivity index (χ2v) is 6.14. The van der Waals surface area contributed by atoms with Crippen molar-refractivity contribution in [3.63, 3.8) is 0 Å². The summed E-state index contributed by atoms with van der Waals surface area (Å²) in [6.45, 7) is 1.71. The van der Waals surface area contributed by atoms with E-state index >= 15 is 0 Å². The predicted molar refractivity (Wildman–Crippen MR) is 92.4 cm³/mol. The van der Waals surface area contributed by atoms with Crippen LogP contribution in [0, 0.1) is 0 Å². The van der Waals surface area contributed by atoms with E-state index < -0.39 is 17.9 Å². The van der Waals surface area contributed by atoms with Crippen molar-refractivity contribution in [3.05, 3.63) is 52.5 Å². The molecule has 1 aliphatic heterocycles. The number of hydrazine groups is 1. The highest BCUT2D eigenvalue weighted by atomic mass is 79.9. The zero-order chi connectivity index (χ0) is 17.8. The summed E-state index contributed by atoms with van der Waals surface area (Å²) in [6, 6.07) is 11.9. The molecule has 0 saturated heterocycles. The molecule has 0 spiro atoms. The molecule has 8 heteroatoms. The number of hydrogen-bond donors (Lipinski definition) is 2. The van der Waals surface area contributed by atoms with Crippen molar-refractivity contribution >= 4 is 27.7 Å². The second-order valence-electron chi connectivity index (χ2n) is 5.23. The Bertz CT molecular complexity index is 811. The van der Waals surface area contributed by atoms with Gasteiger partial charge in [0, 0.05) is 10.0 Å². The van der Waals surface area contributed by atoms with E-state index in [-0.39, 0.29) is 6.79 Å². The summed E-state index contributed by atoms with van der Waals surface area (Å²) in [5, 5.41) is 0. The molecular weight excluding hydrogens is 392 g/mol. The molecule has 0 aliphatic carbocycles. The minimum Gasteiger partial charge on any atom is -0.481 e. The van der Waals surface area contributed by atoms with Crippen LogP contribution in [-0.4, -0.2) is 24.7 Å². The summed E-state index contributed by atoms with van der Waals surface area (Å²) < 4.78 is 16.8. The molecule has 25 heavy (non-hydrogen) atoms. The van der Waals surface area contributed by atoms with E-state index in [9.17, 15) is 9.59 Å². The topological polar surface area (TPSA) is 85.9 Å². The molecule has 1 heterocycles. The average Bonchev–Trinajstić information content (AvgIpc) is 3.07. The molecule has 0 aromatic heterocycles. The molecule has 0 fully saturated rings. The Kier molecular flexibility index (Phi) is 5.08. The highest BCUT2D eigenvalue weighted by Crippen LogP contribution is 2.32. The van der Waals surface area contributed by atoms with Crippen LogP contribution < -0.4 is 25.1 Å². The van der Waals surface area contributed by atoms with Crippen LogP contribution >= 0.6 is 15.9 Å². The number of benzene rings is 2. The van der Waals surface area contributed by atoms with Gasteiger partial charge in [0.05, 0.1) is 0 Å². The smallest absolute Gasteiger partial charge is 0.279 e. The maximum absolute atomic E-state index is 12.1. The van der Waals surface area contributed by atoms with Gasteiger partial charge in [-0.15, -0.1) is 0 Å². The molecular formula is C17H15BrN2O5. The molecule has 0 bridgehead atoms. The molecule has 2 aromatic rings. The molecule has 1 atom stereocenters. The number of ether oxygens (including phenoxy) is 3. The van der Waals surface area contributed by atoms with Crippen LogP contribution in [0.15, 0.2) is 46.9 Å². The minimum absolute atomic E-state index is 0.127. The lowest BCUT2D eigenvalue weighted by molar-refractivity contribution is -0.128. The fraction of sp³-hybridized carbons (Fsp3) is 0.176. The zero-order valence-electron chi connectivity index (χ0n) is 13.2. The van der Waals surface area contributed by atoms with Crippen LogP contribution in [0.25, 0.3) is 0 Å². The van der Waals surface area contributed by atoms with Gasteiger partial charge in [-0.2, -0.15) is 0 Å². The monoisotopic (exact) mass is 406 g/mol. The number of halogens is 1. The molecule has 7 nitrogen and oxygen atoms in total. The minimum atomic E-state index is -0.786. The van der Waals surface area contributed by atoms with Gasteiger partial charge in [-0.05, 0) is 43.3 Å². The van der Waals surface area contributed by atoms with Gasteiger partial charge < -0.3 is 14.2 Å². The fourth-order valence-electron chi connectivity index (χ4n) is 2.13. The quantitative estimate of drug-likeness (QED) is 0.761. The van der Waals surface area contributed by atoms with Gasteiger partial charge in [0.2, 0.25) is 6.79 Å². The van der Waals surface area contributed by atoms with Crippen molar-refractivity contribution in [1.29, 1.82) is 0 Å². The molecule has 2 aromatic carbocycles. The molecule has 0 saturated carbocycles. The van der Waals surface area contributed by atoms with Gasteiger partial charge in [0.25, 0.3) is 11.8 Å². The summed E-state index contributed by atoms with van der Waals surface area (Å²) >= 11 is 3.33. The Hall–Kier alpha value is -2.74. The van der Waals surface area contributed by atoms with Crippen molar-refractivity contribution < 1.29 is 23.8 Å².